The van der Waals surface area contributed by atoms with E-state index in [0.29, 0.717) is 18.9 Å². The Morgan fingerprint density at radius 2 is 1.86 bits per heavy atom. The van der Waals surface area contributed by atoms with Crippen molar-refractivity contribution in [1.29, 1.82) is 0 Å². The molecule has 0 heterocycles. The van der Waals surface area contributed by atoms with Gasteiger partial charge in [-0.15, -0.1) is 0 Å². The molecule has 0 aliphatic heterocycles. The minimum Gasteiger partial charge on any atom is -0.409 e. The zero-order chi connectivity index (χ0) is 15.5. The van der Waals surface area contributed by atoms with Gasteiger partial charge in [-0.25, -0.2) is 0 Å². The van der Waals surface area contributed by atoms with Gasteiger partial charge in [0, 0.05) is 13.1 Å². The fourth-order valence-corrected chi connectivity index (χ4v) is 4.10. The highest BCUT2D eigenvalue weighted by atomic mass is 16.4. The molecule has 0 radical (unpaired) electrons. The number of nitrogens with two attached hydrogens (primary N) is 1. The molecule has 0 aromatic carbocycles. The number of carbonyl (C=O) groups excluding carboxylic acids is 1. The van der Waals surface area contributed by atoms with Crippen molar-refractivity contribution in [3.63, 3.8) is 0 Å². The Kier molecular flexibility index (Phi) is 5.12. The first-order valence-electron chi connectivity index (χ1n) is 8.30. The van der Waals surface area contributed by atoms with E-state index in [1.165, 1.54) is 19.3 Å². The normalized spacial score (nSPS) is 29.3. The van der Waals surface area contributed by atoms with Crippen LogP contribution in [0.1, 0.15) is 64.7 Å². The summed E-state index contributed by atoms with van der Waals surface area (Å²) in [7, 11) is 1.89. The zero-order valence-electron chi connectivity index (χ0n) is 13.3. The maximum absolute atomic E-state index is 13.0. The largest absolute Gasteiger partial charge is 0.409 e. The van der Waals surface area contributed by atoms with Crippen molar-refractivity contribution >= 4 is 11.7 Å². The SMILES string of the molecule is CCC1CCC(N(C)C(=O)C2(C(N)=NO)CCCC2)CC1. The van der Waals surface area contributed by atoms with E-state index in [0.717, 1.165) is 31.6 Å². The van der Waals surface area contributed by atoms with Gasteiger partial charge in [0.2, 0.25) is 5.91 Å². The summed E-state index contributed by atoms with van der Waals surface area (Å²) in [4.78, 5) is 14.9. The van der Waals surface area contributed by atoms with Gasteiger partial charge in [-0.1, -0.05) is 31.3 Å². The third-order valence-electron chi connectivity index (χ3n) is 5.73. The first-order chi connectivity index (χ1) is 10.0. The molecule has 0 spiro atoms. The van der Waals surface area contributed by atoms with Gasteiger partial charge in [0.15, 0.2) is 5.84 Å². The lowest BCUT2D eigenvalue weighted by Gasteiger charge is -2.39. The van der Waals surface area contributed by atoms with E-state index in [-0.39, 0.29) is 11.7 Å². The van der Waals surface area contributed by atoms with Crippen LogP contribution in [-0.2, 0) is 4.79 Å². The molecule has 0 saturated heterocycles. The lowest BCUT2D eigenvalue weighted by molar-refractivity contribution is -0.139. The summed E-state index contributed by atoms with van der Waals surface area (Å²) in [5.41, 5.74) is 5.12. The Morgan fingerprint density at radius 1 is 1.29 bits per heavy atom. The molecule has 1 amide bonds. The van der Waals surface area contributed by atoms with Crippen molar-refractivity contribution in [2.45, 2.75) is 70.8 Å². The summed E-state index contributed by atoms with van der Waals surface area (Å²) in [6.07, 6.45) is 9.15. The van der Waals surface area contributed by atoms with E-state index in [1.54, 1.807) is 0 Å². The third kappa shape index (κ3) is 3.01. The van der Waals surface area contributed by atoms with E-state index >= 15 is 0 Å². The molecule has 3 N–H and O–H groups in total. The van der Waals surface area contributed by atoms with Crippen LogP contribution in [0, 0.1) is 11.3 Å². The minimum absolute atomic E-state index is 0.0512. The van der Waals surface area contributed by atoms with E-state index < -0.39 is 5.41 Å². The van der Waals surface area contributed by atoms with E-state index in [9.17, 15) is 4.79 Å². The second-order valence-electron chi connectivity index (χ2n) is 6.77. The molecule has 21 heavy (non-hydrogen) atoms. The Morgan fingerprint density at radius 3 is 2.33 bits per heavy atom. The lowest BCUT2D eigenvalue weighted by atomic mass is 9.80. The molecule has 2 aliphatic rings. The molecule has 5 heteroatoms. The van der Waals surface area contributed by atoms with Crippen LogP contribution in [0.25, 0.3) is 0 Å². The maximum atomic E-state index is 13.0. The molecule has 0 aromatic rings. The summed E-state index contributed by atoms with van der Waals surface area (Å²) < 4.78 is 0. The smallest absolute Gasteiger partial charge is 0.236 e. The van der Waals surface area contributed by atoms with Crippen molar-refractivity contribution in [2.24, 2.45) is 22.2 Å². The van der Waals surface area contributed by atoms with Crippen molar-refractivity contribution in [1.82, 2.24) is 4.90 Å². The van der Waals surface area contributed by atoms with Crippen molar-refractivity contribution in [3.05, 3.63) is 0 Å². The molecule has 0 unspecified atom stereocenters. The molecule has 5 nitrogen and oxygen atoms in total. The monoisotopic (exact) mass is 295 g/mol. The number of amidine groups is 1. The average Bonchev–Trinajstić information content (AvgIpc) is 3.03. The maximum Gasteiger partial charge on any atom is 0.236 e. The molecule has 2 aliphatic carbocycles. The molecular weight excluding hydrogens is 266 g/mol. The van der Waals surface area contributed by atoms with Crippen molar-refractivity contribution in [3.8, 4) is 0 Å². The van der Waals surface area contributed by atoms with Gasteiger partial charge < -0.3 is 15.8 Å². The number of hydrogen-bond donors (Lipinski definition) is 2. The summed E-state index contributed by atoms with van der Waals surface area (Å²) in [6, 6.07) is 0.310. The lowest BCUT2D eigenvalue weighted by Crippen LogP contribution is -2.52. The molecule has 2 saturated carbocycles. The Hall–Kier alpha value is -1.26. The molecular formula is C16H29N3O2. The molecule has 0 atom stereocenters. The van der Waals surface area contributed by atoms with Gasteiger partial charge in [0.1, 0.15) is 5.41 Å². The Balaban J connectivity index is 2.07. The van der Waals surface area contributed by atoms with Gasteiger partial charge >= 0.3 is 0 Å². The highest BCUT2D eigenvalue weighted by Crippen LogP contribution is 2.41. The molecule has 0 bridgehead atoms. The van der Waals surface area contributed by atoms with Crippen molar-refractivity contribution in [2.75, 3.05) is 7.05 Å². The van der Waals surface area contributed by atoms with Crippen LogP contribution >= 0.6 is 0 Å². The molecule has 0 aromatic heterocycles. The fourth-order valence-electron chi connectivity index (χ4n) is 4.10. The van der Waals surface area contributed by atoms with Crippen LogP contribution in [0.5, 0.6) is 0 Å². The van der Waals surface area contributed by atoms with Gasteiger partial charge in [-0.05, 0) is 44.4 Å². The fraction of sp³-hybridized carbons (Fsp3) is 0.875. The summed E-state index contributed by atoms with van der Waals surface area (Å²) in [5, 5.41) is 12.2. The summed E-state index contributed by atoms with van der Waals surface area (Å²) in [6.45, 7) is 2.24. The predicted octanol–water partition coefficient (Wildman–Crippen LogP) is 2.72. The molecule has 2 fully saturated rings. The van der Waals surface area contributed by atoms with Crippen LogP contribution in [0.3, 0.4) is 0 Å². The number of oxime groups is 1. The van der Waals surface area contributed by atoms with Gasteiger partial charge in [0.05, 0.1) is 0 Å². The van der Waals surface area contributed by atoms with Gasteiger partial charge in [0.25, 0.3) is 0 Å². The van der Waals surface area contributed by atoms with Crippen molar-refractivity contribution < 1.29 is 10.0 Å². The van der Waals surface area contributed by atoms with Gasteiger partial charge in [-0.3, -0.25) is 4.79 Å². The van der Waals surface area contributed by atoms with Crippen LogP contribution < -0.4 is 5.73 Å². The Labute approximate surface area is 127 Å². The number of nitrogens with zero attached hydrogens (tertiary/aromatic N) is 2. The number of amides is 1. The van der Waals surface area contributed by atoms with E-state index in [4.69, 9.17) is 10.9 Å². The minimum atomic E-state index is -0.759. The van der Waals surface area contributed by atoms with Crippen LogP contribution in [0.2, 0.25) is 0 Å². The predicted molar refractivity (Wildman–Crippen MR) is 83.1 cm³/mol. The Bertz CT molecular complexity index is 394. The number of rotatable bonds is 4. The van der Waals surface area contributed by atoms with E-state index in [1.807, 2.05) is 11.9 Å². The van der Waals surface area contributed by atoms with Crippen LogP contribution in [0.4, 0.5) is 0 Å². The number of carbonyl (C=O) groups is 1. The quantitative estimate of drug-likeness (QED) is 0.362. The summed E-state index contributed by atoms with van der Waals surface area (Å²) >= 11 is 0. The summed E-state index contributed by atoms with van der Waals surface area (Å²) in [5.74, 6) is 0.962. The van der Waals surface area contributed by atoms with Crippen LogP contribution in [-0.4, -0.2) is 34.9 Å². The van der Waals surface area contributed by atoms with Crippen LogP contribution in [0.15, 0.2) is 5.16 Å². The molecule has 120 valence electrons. The highest BCUT2D eigenvalue weighted by Gasteiger charge is 2.48. The zero-order valence-corrected chi connectivity index (χ0v) is 13.3. The second-order valence-corrected chi connectivity index (χ2v) is 6.77. The molecule has 2 rings (SSSR count). The third-order valence-corrected chi connectivity index (χ3v) is 5.73. The highest BCUT2D eigenvalue weighted by molar-refractivity contribution is 6.07. The average molecular weight is 295 g/mol. The van der Waals surface area contributed by atoms with E-state index in [2.05, 4.69) is 12.1 Å². The van der Waals surface area contributed by atoms with Gasteiger partial charge in [-0.2, -0.15) is 0 Å². The standard InChI is InChI=1S/C16H29N3O2/c1-3-12-6-8-13(9-7-12)19(2)15(20)16(14(17)18-21)10-4-5-11-16/h12-13,21H,3-11H2,1-2H3,(H2,17,18). The topological polar surface area (TPSA) is 78.9 Å². The first kappa shape index (κ1) is 16.1. The number of hydrogen-bond acceptors (Lipinski definition) is 3. The first-order valence-corrected chi connectivity index (χ1v) is 8.30. The second kappa shape index (κ2) is 6.67.